The van der Waals surface area contributed by atoms with E-state index in [0.717, 1.165) is 4.90 Å². The second-order valence-electron chi connectivity index (χ2n) is 10.7. The van der Waals surface area contributed by atoms with Gasteiger partial charge in [0.15, 0.2) is 0 Å². The molecule has 5 amide bonds. The lowest BCUT2D eigenvalue weighted by Crippen LogP contribution is -3.12. The van der Waals surface area contributed by atoms with Gasteiger partial charge >= 0.3 is 5.97 Å². The number of fused-ring (bicyclic) bond motifs is 1. The zero-order chi connectivity index (χ0) is 23.5. The van der Waals surface area contributed by atoms with Gasteiger partial charge in [0.25, 0.3) is 11.8 Å². The number of imide groups is 2. The molecular weight excluding hydrogens is 442 g/mol. The highest BCUT2D eigenvalue weighted by Gasteiger charge is 3.13. The number of anilines is 1. The number of nitrogens with zero attached hydrogens (tertiary/aromatic N) is 1. The van der Waals surface area contributed by atoms with Gasteiger partial charge in [0, 0.05) is 12.1 Å². The molecule has 6 aliphatic carbocycles. The first-order chi connectivity index (χ1) is 16.3. The lowest BCUT2D eigenvalue weighted by molar-refractivity contribution is -0.625. The molecule has 0 aromatic heterocycles. The molecule has 1 aromatic carbocycles. The van der Waals surface area contributed by atoms with Crippen LogP contribution in [0.5, 0.6) is 0 Å². The number of amides is 5. The average molecular weight is 461 g/mol. The molecule has 2 aliphatic heterocycles. The van der Waals surface area contributed by atoms with Gasteiger partial charge in [-0.05, 0) is 60.1 Å². The van der Waals surface area contributed by atoms with Crippen LogP contribution in [0.2, 0.25) is 0 Å². The van der Waals surface area contributed by atoms with Crippen LogP contribution in [0.4, 0.5) is 5.69 Å². The van der Waals surface area contributed by atoms with Crippen LogP contribution in [0.3, 0.4) is 0 Å². The number of ether oxygens (including phenoxy) is 1. The number of hydrogen-bond donors (Lipinski definition) is 2. The Kier molecular flexibility index (Phi) is 2.90. The van der Waals surface area contributed by atoms with Crippen molar-refractivity contribution < 1.29 is 33.5 Å². The van der Waals surface area contributed by atoms with Crippen LogP contribution in [-0.2, 0) is 23.9 Å². The van der Waals surface area contributed by atoms with Gasteiger partial charge in [-0.25, -0.2) is 0 Å². The molecule has 8 aliphatic rings. The van der Waals surface area contributed by atoms with Crippen molar-refractivity contribution in [3.63, 3.8) is 0 Å². The summed E-state index contributed by atoms with van der Waals surface area (Å²) in [7, 11) is 1.42. The van der Waals surface area contributed by atoms with Gasteiger partial charge < -0.3 is 10.1 Å². The second kappa shape index (κ2) is 5.24. The fraction of sp³-hybridized carbons (Fsp3) is 0.500. The Balaban J connectivity index is 1.02. The third-order valence-electron chi connectivity index (χ3n) is 10.3. The number of esters is 1. The molecule has 0 spiro atoms. The minimum Gasteiger partial charge on any atom is -0.469 e. The molecule has 34 heavy (non-hydrogen) atoms. The van der Waals surface area contributed by atoms with Crippen molar-refractivity contribution in [1.82, 2.24) is 10.2 Å². The fourth-order valence-corrected chi connectivity index (χ4v) is 9.35. The Bertz CT molecular complexity index is 1290. The van der Waals surface area contributed by atoms with Gasteiger partial charge in [0.2, 0.25) is 17.7 Å². The molecule has 2 heterocycles. The second-order valence-corrected chi connectivity index (χ2v) is 10.7. The molecule has 2 N–H and O–H groups in total. The summed E-state index contributed by atoms with van der Waals surface area (Å²) in [5.74, 6) is -0.936. The highest BCUT2D eigenvalue weighted by Crippen LogP contribution is 3.10. The van der Waals surface area contributed by atoms with Crippen LogP contribution in [0.15, 0.2) is 18.2 Å². The summed E-state index contributed by atoms with van der Waals surface area (Å²) < 4.78 is 5.03. The van der Waals surface area contributed by atoms with Crippen molar-refractivity contribution in [2.45, 2.75) is 18.9 Å². The van der Waals surface area contributed by atoms with Crippen molar-refractivity contribution in [1.29, 1.82) is 0 Å². The van der Waals surface area contributed by atoms with Gasteiger partial charge in [-0.3, -0.25) is 39.0 Å². The molecule has 1 saturated heterocycles. The Morgan fingerprint density at radius 2 is 1.59 bits per heavy atom. The van der Waals surface area contributed by atoms with Crippen molar-refractivity contribution >= 4 is 41.2 Å². The number of benzene rings is 1. The molecule has 172 valence electrons. The number of carbonyl (C=O) groups excluding carboxylic acids is 6. The lowest BCUT2D eigenvalue weighted by atomic mass is 8.92. The molecule has 9 rings (SSSR count). The van der Waals surface area contributed by atoms with Crippen LogP contribution < -0.4 is 10.6 Å². The van der Waals surface area contributed by atoms with Gasteiger partial charge in [-0.2, -0.15) is 0 Å². The third-order valence-corrected chi connectivity index (χ3v) is 10.3. The monoisotopic (exact) mass is 461 g/mol. The van der Waals surface area contributed by atoms with E-state index >= 15 is 0 Å². The molecule has 1 aromatic rings. The summed E-state index contributed by atoms with van der Waals surface area (Å²) in [6, 6.07) is 3.53. The Labute approximate surface area is 192 Å². The normalized spacial score (nSPS) is 45.0. The van der Waals surface area contributed by atoms with Crippen molar-refractivity contribution in [2.75, 3.05) is 12.4 Å². The van der Waals surface area contributed by atoms with E-state index in [1.165, 1.54) is 19.2 Å². The fourth-order valence-electron chi connectivity index (χ4n) is 9.35. The molecule has 1 unspecified atom stereocenters. The van der Waals surface area contributed by atoms with E-state index in [9.17, 15) is 28.8 Å². The van der Waals surface area contributed by atoms with E-state index in [0.29, 0.717) is 5.69 Å². The predicted molar refractivity (Wildman–Crippen MR) is 110 cm³/mol. The van der Waals surface area contributed by atoms with E-state index in [1.807, 2.05) is 0 Å². The summed E-state index contributed by atoms with van der Waals surface area (Å²) in [5.41, 5.74) is 0.0197. The largest absolute Gasteiger partial charge is 0.469 e. The number of rotatable bonds is 4. The molecule has 10 nitrogen and oxygen atoms in total. The summed E-state index contributed by atoms with van der Waals surface area (Å²) >= 11 is 0. The van der Waals surface area contributed by atoms with Crippen LogP contribution in [0.25, 0.3) is 0 Å². The lowest BCUT2D eigenvalue weighted by Gasteiger charge is -3.09. The SMILES string of the molecule is COC(=O)C12C3C4C1C1C2C3C41C(=O)Nc1ccc2c(c1)C(=O)N(C1CCC(=O)NC1=O)C2=O. The smallest absolute Gasteiger partial charge is 0.312 e. The van der Waals surface area contributed by atoms with Crippen LogP contribution in [0.1, 0.15) is 33.6 Å². The first kappa shape index (κ1) is 18.8. The predicted octanol–water partition coefficient (Wildman–Crippen LogP) is -0.0627. The highest BCUT2D eigenvalue weighted by atomic mass is 16.5. The van der Waals surface area contributed by atoms with E-state index in [2.05, 4.69) is 10.6 Å². The Morgan fingerprint density at radius 1 is 0.971 bits per heavy atom. The number of carbonyl (C=O) groups is 6. The molecule has 1 atom stereocenters. The van der Waals surface area contributed by atoms with Crippen LogP contribution in [0, 0.1) is 46.3 Å². The standard InChI is InChI=1S/C24H19N3O7/c1-34-22(33)24-15-12-16(24)14-17(24)13(15)23(12,14)21(32)25-7-2-3-8-9(6-7)20(31)27(19(8)30)10-4-5-11(28)26-18(10)29/h2-3,6,10,12-17H,4-5H2,1H3,(H,25,32)(H,26,28,29). The maximum absolute atomic E-state index is 13.3. The number of hydrogen-bond acceptors (Lipinski definition) is 7. The van der Waals surface area contributed by atoms with E-state index in [-0.39, 0.29) is 76.8 Å². The van der Waals surface area contributed by atoms with Crippen LogP contribution >= 0.6 is 0 Å². The maximum Gasteiger partial charge on any atom is 0.312 e. The molecule has 6 saturated carbocycles. The van der Waals surface area contributed by atoms with Crippen molar-refractivity contribution in [2.24, 2.45) is 46.3 Å². The number of methoxy groups -OCH3 is 1. The molecule has 0 radical (unpaired) electrons. The summed E-state index contributed by atoms with van der Waals surface area (Å²) in [6.07, 6.45) is 0.139. The molecule has 0 bridgehead atoms. The first-order valence-electron chi connectivity index (χ1n) is 11.6. The highest BCUT2D eigenvalue weighted by molar-refractivity contribution is 6.24. The van der Waals surface area contributed by atoms with E-state index in [4.69, 9.17) is 4.74 Å². The van der Waals surface area contributed by atoms with Crippen molar-refractivity contribution in [3.05, 3.63) is 29.3 Å². The summed E-state index contributed by atoms with van der Waals surface area (Å²) in [4.78, 5) is 76.0. The van der Waals surface area contributed by atoms with Gasteiger partial charge in [0.05, 0.1) is 29.1 Å². The van der Waals surface area contributed by atoms with Crippen LogP contribution in [-0.4, -0.2) is 53.6 Å². The molecule has 10 heteroatoms. The quantitative estimate of drug-likeness (QED) is 0.473. The third kappa shape index (κ3) is 1.48. The van der Waals surface area contributed by atoms with Crippen molar-refractivity contribution in [3.8, 4) is 0 Å². The first-order valence-corrected chi connectivity index (χ1v) is 11.6. The Hall–Kier alpha value is -3.56. The van der Waals surface area contributed by atoms with Gasteiger partial charge in [-0.1, -0.05) is 0 Å². The van der Waals surface area contributed by atoms with Gasteiger partial charge in [0.1, 0.15) is 6.04 Å². The minimum atomic E-state index is -1.03. The maximum atomic E-state index is 13.3. The number of nitrogens with one attached hydrogen (secondary N) is 2. The summed E-state index contributed by atoms with van der Waals surface area (Å²) in [5, 5.41) is 5.12. The topological polar surface area (TPSA) is 139 Å². The Morgan fingerprint density at radius 3 is 2.21 bits per heavy atom. The average Bonchev–Trinajstić information content (AvgIpc) is 3.07. The molecule has 7 fully saturated rings. The van der Waals surface area contributed by atoms with Gasteiger partial charge in [-0.15, -0.1) is 0 Å². The zero-order valence-electron chi connectivity index (χ0n) is 18.0. The van der Waals surface area contributed by atoms with E-state index in [1.54, 1.807) is 6.07 Å². The summed E-state index contributed by atoms with van der Waals surface area (Å²) in [6.45, 7) is 0. The van der Waals surface area contributed by atoms with E-state index < -0.39 is 35.1 Å². The zero-order valence-corrected chi connectivity index (χ0v) is 18.0. The molecular formula is C24H19N3O7. The number of piperidine rings is 1. The minimum absolute atomic E-state index is 0.0525.